The van der Waals surface area contributed by atoms with E-state index in [0.29, 0.717) is 12.8 Å². The summed E-state index contributed by atoms with van der Waals surface area (Å²) in [5.41, 5.74) is 1.41. The molecule has 0 atom stereocenters. The van der Waals surface area contributed by atoms with Gasteiger partial charge in [0.2, 0.25) is 15.0 Å². The third-order valence-electron chi connectivity index (χ3n) is 4.26. The Morgan fingerprint density at radius 3 is 2.25 bits per heavy atom. The van der Waals surface area contributed by atoms with E-state index in [9.17, 15) is 13.2 Å². The normalized spacial score (nSPS) is 15.3. The van der Waals surface area contributed by atoms with Gasteiger partial charge in [0, 0.05) is 19.4 Å². The summed E-state index contributed by atoms with van der Waals surface area (Å²) in [6, 6.07) is 7.76. The molecule has 0 aliphatic heterocycles. The fraction of sp³-hybridized carbons (Fsp3) is 0.444. The average molecular weight is 348 g/mol. The third-order valence-corrected chi connectivity index (χ3v) is 5.86. The maximum Gasteiger partial charge on any atom is 0.227 e. The van der Waals surface area contributed by atoms with Crippen molar-refractivity contribution in [3.63, 3.8) is 0 Å². The first kappa shape index (κ1) is 18.4. The van der Waals surface area contributed by atoms with E-state index in [1.54, 1.807) is 13.2 Å². The Labute approximate surface area is 143 Å². The minimum absolute atomic E-state index is 0.0550. The van der Waals surface area contributed by atoms with Crippen molar-refractivity contribution in [3.8, 4) is 0 Å². The molecule has 0 spiro atoms. The summed E-state index contributed by atoms with van der Waals surface area (Å²) in [4.78, 5) is 16.5. The largest absolute Gasteiger partial charge is 0.325 e. The van der Waals surface area contributed by atoms with Crippen LogP contribution in [0, 0.1) is 6.92 Å². The van der Waals surface area contributed by atoms with Crippen LogP contribution in [-0.2, 0) is 27.1 Å². The standard InChI is InChI=1S/C16H18N2O3S.C2H6/c1-12-3-5-13(6-4-12)16(7-8-16)14(19)11-22(20,21)15-17-9-10-18(15)2;1-2/h3-6,9-10H,7-8,11H2,1-2H3;1-2H3. The van der Waals surface area contributed by atoms with E-state index in [4.69, 9.17) is 0 Å². The topological polar surface area (TPSA) is 69.0 Å². The van der Waals surface area contributed by atoms with Crippen molar-refractivity contribution in [2.75, 3.05) is 5.75 Å². The highest BCUT2D eigenvalue weighted by atomic mass is 32.2. The molecule has 0 amide bonds. The third kappa shape index (κ3) is 3.43. The molecule has 6 heteroatoms. The van der Waals surface area contributed by atoms with Crippen LogP contribution in [0.1, 0.15) is 37.8 Å². The number of hydrogen-bond acceptors (Lipinski definition) is 4. The zero-order valence-electron chi connectivity index (χ0n) is 14.6. The Morgan fingerprint density at radius 1 is 1.21 bits per heavy atom. The van der Waals surface area contributed by atoms with Crippen LogP contribution in [-0.4, -0.2) is 29.5 Å². The van der Waals surface area contributed by atoms with Gasteiger partial charge in [0.15, 0.2) is 5.78 Å². The number of Topliss-reactive ketones (excluding diaryl/α,β-unsaturated/α-hetero) is 1. The summed E-state index contributed by atoms with van der Waals surface area (Å²) >= 11 is 0. The van der Waals surface area contributed by atoms with Crippen molar-refractivity contribution in [2.45, 2.75) is 44.2 Å². The minimum Gasteiger partial charge on any atom is -0.325 e. The molecule has 1 fully saturated rings. The number of benzene rings is 1. The monoisotopic (exact) mass is 348 g/mol. The lowest BCUT2D eigenvalue weighted by atomic mass is 9.91. The lowest BCUT2D eigenvalue weighted by molar-refractivity contribution is -0.119. The lowest BCUT2D eigenvalue weighted by Gasteiger charge is -2.15. The van der Waals surface area contributed by atoms with Gasteiger partial charge in [-0.05, 0) is 25.3 Å². The summed E-state index contributed by atoms with van der Waals surface area (Å²) in [6.45, 7) is 5.98. The Kier molecular flexibility index (Phi) is 5.28. The van der Waals surface area contributed by atoms with Gasteiger partial charge in [-0.1, -0.05) is 43.7 Å². The van der Waals surface area contributed by atoms with Crippen LogP contribution >= 0.6 is 0 Å². The number of nitrogens with zero attached hydrogens (tertiary/aromatic N) is 2. The van der Waals surface area contributed by atoms with E-state index in [1.807, 2.05) is 45.0 Å². The Bertz CT molecular complexity index is 816. The quantitative estimate of drug-likeness (QED) is 0.833. The number of aromatic nitrogens is 2. The van der Waals surface area contributed by atoms with Gasteiger partial charge in [-0.2, -0.15) is 0 Å². The lowest BCUT2D eigenvalue weighted by Crippen LogP contribution is -2.29. The molecule has 0 N–H and O–H groups in total. The summed E-state index contributed by atoms with van der Waals surface area (Å²) in [7, 11) is -2.10. The molecule has 0 saturated heterocycles. The first-order valence-electron chi connectivity index (χ1n) is 8.16. The van der Waals surface area contributed by atoms with E-state index in [-0.39, 0.29) is 10.9 Å². The highest BCUT2D eigenvalue weighted by Crippen LogP contribution is 2.49. The maximum atomic E-state index is 12.6. The van der Waals surface area contributed by atoms with Crippen molar-refractivity contribution in [1.82, 2.24) is 9.55 Å². The second-order valence-electron chi connectivity index (χ2n) is 5.95. The molecule has 1 aromatic carbocycles. The van der Waals surface area contributed by atoms with Crippen LogP contribution < -0.4 is 0 Å². The van der Waals surface area contributed by atoms with Crippen molar-refractivity contribution in [3.05, 3.63) is 47.8 Å². The molecule has 1 aliphatic carbocycles. The number of hydrogen-bond donors (Lipinski definition) is 0. The molecule has 1 heterocycles. The number of sulfone groups is 1. The summed E-state index contributed by atoms with van der Waals surface area (Å²) in [6.07, 6.45) is 4.41. The van der Waals surface area contributed by atoms with E-state index in [1.165, 1.54) is 10.8 Å². The van der Waals surface area contributed by atoms with Crippen LogP contribution in [0.15, 0.2) is 41.8 Å². The highest BCUT2D eigenvalue weighted by molar-refractivity contribution is 7.92. The van der Waals surface area contributed by atoms with E-state index in [0.717, 1.165) is 11.1 Å². The molecule has 2 aromatic rings. The van der Waals surface area contributed by atoms with Crippen LogP contribution in [0.25, 0.3) is 0 Å². The van der Waals surface area contributed by atoms with Gasteiger partial charge in [-0.15, -0.1) is 0 Å². The van der Waals surface area contributed by atoms with Crippen LogP contribution in [0.4, 0.5) is 0 Å². The van der Waals surface area contributed by atoms with Crippen molar-refractivity contribution in [1.29, 1.82) is 0 Å². The highest BCUT2D eigenvalue weighted by Gasteiger charge is 2.51. The first-order chi connectivity index (χ1) is 11.3. The average Bonchev–Trinajstić information content (AvgIpc) is 3.25. The van der Waals surface area contributed by atoms with E-state index in [2.05, 4.69) is 4.98 Å². The fourth-order valence-corrected chi connectivity index (χ4v) is 4.22. The molecule has 24 heavy (non-hydrogen) atoms. The van der Waals surface area contributed by atoms with Gasteiger partial charge in [0.05, 0.1) is 5.41 Å². The van der Waals surface area contributed by atoms with E-state index < -0.39 is 21.0 Å². The number of carbonyl (C=O) groups excluding carboxylic acids is 1. The van der Waals surface area contributed by atoms with Gasteiger partial charge < -0.3 is 4.57 Å². The molecule has 5 nitrogen and oxygen atoms in total. The molecule has 1 aliphatic rings. The number of aryl methyl sites for hydroxylation is 2. The summed E-state index contributed by atoms with van der Waals surface area (Å²) < 4.78 is 26.2. The van der Waals surface area contributed by atoms with Gasteiger partial charge in [0.1, 0.15) is 5.75 Å². The minimum atomic E-state index is -3.70. The van der Waals surface area contributed by atoms with E-state index >= 15 is 0 Å². The smallest absolute Gasteiger partial charge is 0.227 e. The Hall–Kier alpha value is -1.95. The number of rotatable bonds is 5. The molecular formula is C18H24N2O3S. The SMILES string of the molecule is CC.Cc1ccc(C2(C(=O)CS(=O)(=O)c3nccn3C)CC2)cc1. The second-order valence-corrected chi connectivity index (χ2v) is 7.83. The number of ketones is 1. The van der Waals surface area contributed by atoms with Gasteiger partial charge in [-0.3, -0.25) is 4.79 Å². The van der Waals surface area contributed by atoms with Gasteiger partial charge >= 0.3 is 0 Å². The molecule has 0 unspecified atom stereocenters. The summed E-state index contributed by atoms with van der Waals surface area (Å²) in [5.74, 6) is -0.731. The molecule has 0 bridgehead atoms. The number of carbonyl (C=O) groups is 1. The molecule has 0 radical (unpaired) electrons. The maximum absolute atomic E-state index is 12.6. The zero-order chi connectivity index (χ0) is 18.0. The Balaban J connectivity index is 0.00000100. The molecule has 130 valence electrons. The second kappa shape index (κ2) is 6.89. The van der Waals surface area contributed by atoms with Crippen molar-refractivity contribution >= 4 is 15.6 Å². The fourth-order valence-electron chi connectivity index (χ4n) is 2.75. The Morgan fingerprint density at radius 2 is 1.79 bits per heavy atom. The first-order valence-corrected chi connectivity index (χ1v) is 9.81. The molecule has 1 aromatic heterocycles. The van der Waals surface area contributed by atoms with Crippen LogP contribution in [0.2, 0.25) is 0 Å². The molecular weight excluding hydrogens is 324 g/mol. The van der Waals surface area contributed by atoms with Crippen LogP contribution in [0.5, 0.6) is 0 Å². The van der Waals surface area contributed by atoms with Crippen LogP contribution in [0.3, 0.4) is 0 Å². The van der Waals surface area contributed by atoms with Gasteiger partial charge in [0.25, 0.3) is 0 Å². The van der Waals surface area contributed by atoms with Crippen molar-refractivity contribution in [2.24, 2.45) is 7.05 Å². The van der Waals surface area contributed by atoms with Gasteiger partial charge in [-0.25, -0.2) is 13.4 Å². The predicted molar refractivity (Wildman–Crippen MR) is 93.7 cm³/mol. The molecule has 1 saturated carbocycles. The molecule has 3 rings (SSSR count). The zero-order valence-corrected chi connectivity index (χ0v) is 15.4. The summed E-state index contributed by atoms with van der Waals surface area (Å²) in [5, 5.41) is -0.0550. The predicted octanol–water partition coefficient (Wildman–Crippen LogP) is 2.83. The number of imidazole rings is 1. The van der Waals surface area contributed by atoms with Crippen molar-refractivity contribution < 1.29 is 13.2 Å².